The number of nitrogens with zero attached hydrogens (tertiary/aromatic N) is 3. The number of aromatic nitrogens is 2. The second-order valence-corrected chi connectivity index (χ2v) is 8.29. The number of hydrogen-bond acceptors (Lipinski definition) is 4. The van der Waals surface area contributed by atoms with Crippen molar-refractivity contribution in [3.63, 3.8) is 0 Å². The third kappa shape index (κ3) is 4.67. The fourth-order valence-electron chi connectivity index (χ4n) is 4.06. The van der Waals surface area contributed by atoms with Gasteiger partial charge >= 0.3 is 0 Å². The molecule has 1 aliphatic rings. The van der Waals surface area contributed by atoms with E-state index in [1.54, 1.807) is 0 Å². The Morgan fingerprint density at radius 3 is 2.33 bits per heavy atom. The first-order valence-electron chi connectivity index (χ1n) is 10.5. The van der Waals surface area contributed by atoms with Crippen LogP contribution < -0.4 is 10.2 Å². The molecule has 2 heterocycles. The van der Waals surface area contributed by atoms with E-state index in [0.717, 1.165) is 53.3 Å². The maximum Gasteiger partial charge on any atom is 0.229 e. The zero-order valence-corrected chi connectivity index (χ0v) is 17.9. The Bertz CT molecular complexity index is 1010. The van der Waals surface area contributed by atoms with Crippen LogP contribution in [0.3, 0.4) is 0 Å². The molecule has 5 heteroatoms. The normalized spacial score (nSPS) is 16.4. The molecule has 1 amide bonds. The standard InChI is InChI=1S/C25H28N4O/c1-17-6-8-20(9-7-17)23-10-11-24(28-27-23)29-12-4-5-21(16-29)25(30)26-22-14-18(2)13-19(3)15-22/h6-11,13-15,21H,4-5,12,16H2,1-3H3,(H,26,30)/t21-/m0/s1. The lowest BCUT2D eigenvalue weighted by Crippen LogP contribution is -2.41. The highest BCUT2D eigenvalue weighted by Crippen LogP contribution is 2.25. The van der Waals surface area contributed by atoms with Gasteiger partial charge in [0.25, 0.3) is 0 Å². The first-order valence-corrected chi connectivity index (χ1v) is 10.5. The van der Waals surface area contributed by atoms with Crippen molar-refractivity contribution in [1.29, 1.82) is 0 Å². The van der Waals surface area contributed by atoms with E-state index in [2.05, 4.69) is 57.7 Å². The van der Waals surface area contributed by atoms with Crippen molar-refractivity contribution in [2.24, 2.45) is 5.92 Å². The molecule has 2 aromatic carbocycles. The Balaban J connectivity index is 1.43. The second kappa shape index (κ2) is 8.66. The van der Waals surface area contributed by atoms with E-state index in [0.29, 0.717) is 6.54 Å². The first-order chi connectivity index (χ1) is 14.5. The van der Waals surface area contributed by atoms with Crippen LogP contribution in [-0.2, 0) is 4.79 Å². The number of nitrogens with one attached hydrogen (secondary N) is 1. The predicted octanol–water partition coefficient (Wildman–Crippen LogP) is 4.92. The van der Waals surface area contributed by atoms with Crippen molar-refractivity contribution in [1.82, 2.24) is 10.2 Å². The molecule has 1 atom stereocenters. The molecule has 1 saturated heterocycles. The molecule has 0 radical (unpaired) electrons. The molecule has 0 bridgehead atoms. The van der Waals surface area contributed by atoms with Crippen LogP contribution in [0.15, 0.2) is 54.6 Å². The predicted molar refractivity (Wildman–Crippen MR) is 122 cm³/mol. The third-order valence-electron chi connectivity index (χ3n) is 5.60. The van der Waals surface area contributed by atoms with Gasteiger partial charge in [-0.3, -0.25) is 4.79 Å². The van der Waals surface area contributed by atoms with Gasteiger partial charge in [-0.05, 0) is 69.0 Å². The minimum absolute atomic E-state index is 0.0573. The van der Waals surface area contributed by atoms with Crippen LogP contribution in [0, 0.1) is 26.7 Å². The Hall–Kier alpha value is -3.21. The zero-order chi connectivity index (χ0) is 21.1. The number of carbonyl (C=O) groups excluding carboxylic acids is 1. The Morgan fingerprint density at radius 1 is 0.933 bits per heavy atom. The topological polar surface area (TPSA) is 58.1 Å². The van der Waals surface area contributed by atoms with Crippen LogP contribution in [0.1, 0.15) is 29.5 Å². The van der Waals surface area contributed by atoms with Gasteiger partial charge in [-0.1, -0.05) is 35.9 Å². The highest BCUT2D eigenvalue weighted by atomic mass is 16.1. The van der Waals surface area contributed by atoms with Crippen molar-refractivity contribution < 1.29 is 4.79 Å². The second-order valence-electron chi connectivity index (χ2n) is 8.29. The quantitative estimate of drug-likeness (QED) is 0.675. The smallest absolute Gasteiger partial charge is 0.229 e. The summed E-state index contributed by atoms with van der Waals surface area (Å²) in [4.78, 5) is 15.0. The van der Waals surface area contributed by atoms with Gasteiger partial charge in [0.1, 0.15) is 0 Å². The van der Waals surface area contributed by atoms with Crippen molar-refractivity contribution in [3.05, 3.63) is 71.3 Å². The van der Waals surface area contributed by atoms with Gasteiger partial charge < -0.3 is 10.2 Å². The van der Waals surface area contributed by atoms with E-state index in [1.807, 2.05) is 38.1 Å². The van der Waals surface area contributed by atoms with Gasteiger partial charge in [0.05, 0.1) is 11.6 Å². The molecule has 154 valence electrons. The summed E-state index contributed by atoms with van der Waals surface area (Å²) in [5.74, 6) is 0.849. The number of piperidine rings is 1. The summed E-state index contributed by atoms with van der Waals surface area (Å²) in [6.45, 7) is 7.72. The molecule has 0 aliphatic carbocycles. The lowest BCUT2D eigenvalue weighted by atomic mass is 9.97. The molecule has 0 spiro atoms. The molecule has 30 heavy (non-hydrogen) atoms. The summed E-state index contributed by atoms with van der Waals surface area (Å²) >= 11 is 0. The van der Waals surface area contributed by atoms with Gasteiger partial charge in [-0.25, -0.2) is 0 Å². The summed E-state index contributed by atoms with van der Waals surface area (Å²) in [6.07, 6.45) is 1.86. The average Bonchev–Trinajstić information content (AvgIpc) is 2.74. The Morgan fingerprint density at radius 2 is 1.67 bits per heavy atom. The van der Waals surface area contributed by atoms with Gasteiger partial charge in [-0.2, -0.15) is 0 Å². The molecule has 1 aromatic heterocycles. The Labute approximate surface area is 178 Å². The Kier molecular flexibility index (Phi) is 5.79. The minimum atomic E-state index is -0.0573. The maximum atomic E-state index is 12.9. The fourth-order valence-corrected chi connectivity index (χ4v) is 4.06. The first kappa shape index (κ1) is 20.1. The molecular formula is C25H28N4O. The molecule has 3 aromatic rings. The van der Waals surface area contributed by atoms with Crippen LogP contribution in [-0.4, -0.2) is 29.2 Å². The van der Waals surface area contributed by atoms with Crippen LogP contribution >= 0.6 is 0 Å². The van der Waals surface area contributed by atoms with Crippen molar-refractivity contribution >= 4 is 17.4 Å². The number of benzene rings is 2. The molecule has 1 aliphatic heterocycles. The molecule has 0 saturated carbocycles. The summed E-state index contributed by atoms with van der Waals surface area (Å²) < 4.78 is 0. The van der Waals surface area contributed by atoms with E-state index < -0.39 is 0 Å². The SMILES string of the molecule is Cc1ccc(-c2ccc(N3CCC[C@H](C(=O)Nc4cc(C)cc(C)c4)C3)nn2)cc1. The van der Waals surface area contributed by atoms with Crippen LogP contribution in [0.5, 0.6) is 0 Å². The third-order valence-corrected chi connectivity index (χ3v) is 5.60. The molecule has 0 unspecified atom stereocenters. The number of rotatable bonds is 4. The van der Waals surface area contributed by atoms with Gasteiger partial charge in [0, 0.05) is 24.3 Å². The van der Waals surface area contributed by atoms with Gasteiger partial charge in [0.15, 0.2) is 5.82 Å². The average molecular weight is 401 g/mol. The van der Waals surface area contributed by atoms with Crippen molar-refractivity contribution in [2.75, 3.05) is 23.3 Å². The fraction of sp³-hybridized carbons (Fsp3) is 0.320. The minimum Gasteiger partial charge on any atom is -0.354 e. The monoisotopic (exact) mass is 400 g/mol. The lowest BCUT2D eigenvalue weighted by molar-refractivity contribution is -0.120. The van der Waals surface area contributed by atoms with E-state index in [-0.39, 0.29) is 11.8 Å². The summed E-state index contributed by atoms with van der Waals surface area (Å²) in [5, 5.41) is 12.0. The highest BCUT2D eigenvalue weighted by molar-refractivity contribution is 5.93. The molecular weight excluding hydrogens is 372 g/mol. The summed E-state index contributed by atoms with van der Waals surface area (Å²) in [6, 6.07) is 18.4. The maximum absolute atomic E-state index is 12.9. The molecule has 1 N–H and O–H groups in total. The molecule has 5 nitrogen and oxygen atoms in total. The summed E-state index contributed by atoms with van der Waals surface area (Å²) in [7, 11) is 0. The number of aryl methyl sites for hydroxylation is 3. The van der Waals surface area contributed by atoms with E-state index in [9.17, 15) is 4.79 Å². The van der Waals surface area contributed by atoms with Crippen molar-refractivity contribution in [2.45, 2.75) is 33.6 Å². The van der Waals surface area contributed by atoms with Crippen LogP contribution in [0.2, 0.25) is 0 Å². The number of anilines is 2. The zero-order valence-electron chi connectivity index (χ0n) is 17.9. The largest absolute Gasteiger partial charge is 0.354 e. The molecule has 1 fully saturated rings. The number of amides is 1. The van der Waals surface area contributed by atoms with Crippen molar-refractivity contribution in [3.8, 4) is 11.3 Å². The van der Waals surface area contributed by atoms with Gasteiger partial charge in [0.2, 0.25) is 5.91 Å². The number of carbonyl (C=O) groups is 1. The van der Waals surface area contributed by atoms with Gasteiger partial charge in [-0.15, -0.1) is 10.2 Å². The van der Waals surface area contributed by atoms with Crippen LogP contribution in [0.25, 0.3) is 11.3 Å². The highest BCUT2D eigenvalue weighted by Gasteiger charge is 2.27. The van der Waals surface area contributed by atoms with Crippen LogP contribution in [0.4, 0.5) is 11.5 Å². The molecule has 4 rings (SSSR count). The lowest BCUT2D eigenvalue weighted by Gasteiger charge is -2.32. The van der Waals surface area contributed by atoms with E-state index >= 15 is 0 Å². The summed E-state index contributed by atoms with van der Waals surface area (Å²) in [5.41, 5.74) is 6.32. The van der Waals surface area contributed by atoms with E-state index in [4.69, 9.17) is 0 Å². The number of hydrogen-bond donors (Lipinski definition) is 1. The van der Waals surface area contributed by atoms with E-state index in [1.165, 1.54) is 5.56 Å².